The Balaban J connectivity index is 1.70. The van der Waals surface area contributed by atoms with Gasteiger partial charge in [-0.25, -0.2) is 22.9 Å². The van der Waals surface area contributed by atoms with Gasteiger partial charge in [-0.05, 0) is 54.1 Å². The first kappa shape index (κ1) is 19.5. The van der Waals surface area contributed by atoms with Crippen molar-refractivity contribution in [3.05, 3.63) is 83.8 Å². The number of hydrogen-bond donors (Lipinski definition) is 2. The van der Waals surface area contributed by atoms with Crippen molar-refractivity contribution in [2.75, 3.05) is 0 Å². The molecular weight excluding hydrogens is 385 g/mol. The average Bonchev–Trinajstić information content (AvgIpc) is 2.68. The molecule has 0 bridgehead atoms. The fraction of sp³-hybridized carbons (Fsp3) is 0.0526. The average molecular weight is 401 g/mol. The fourth-order valence-electron chi connectivity index (χ4n) is 2.33. The SMILES string of the molecule is NS(=O)(=O)c1ccc(CNC(=O)c2cccnc2Oc2ccc(F)cc2)cc1. The Morgan fingerprint density at radius 3 is 2.39 bits per heavy atom. The van der Waals surface area contributed by atoms with Crippen LogP contribution in [-0.2, 0) is 16.6 Å². The number of ether oxygens (including phenoxy) is 1. The van der Waals surface area contributed by atoms with Crippen molar-refractivity contribution in [3.63, 3.8) is 0 Å². The van der Waals surface area contributed by atoms with E-state index in [1.165, 1.54) is 42.6 Å². The molecule has 0 spiro atoms. The Morgan fingerprint density at radius 1 is 1.07 bits per heavy atom. The monoisotopic (exact) mass is 401 g/mol. The van der Waals surface area contributed by atoms with Crippen molar-refractivity contribution >= 4 is 15.9 Å². The van der Waals surface area contributed by atoms with Gasteiger partial charge in [0.1, 0.15) is 17.1 Å². The van der Waals surface area contributed by atoms with E-state index in [0.29, 0.717) is 11.3 Å². The summed E-state index contributed by atoms with van der Waals surface area (Å²) in [6.07, 6.45) is 1.47. The summed E-state index contributed by atoms with van der Waals surface area (Å²) >= 11 is 0. The molecule has 0 aliphatic rings. The topological polar surface area (TPSA) is 111 Å². The molecule has 0 saturated heterocycles. The first-order valence-corrected chi connectivity index (χ1v) is 9.66. The first-order chi connectivity index (χ1) is 13.3. The number of nitrogens with one attached hydrogen (secondary N) is 1. The highest BCUT2D eigenvalue weighted by Gasteiger charge is 2.14. The molecule has 0 aliphatic heterocycles. The standard InChI is InChI=1S/C19H16FN3O4S/c20-14-5-7-15(8-6-14)27-19-17(2-1-11-22-19)18(24)23-12-13-3-9-16(10-4-13)28(21,25)26/h1-11H,12H2,(H,23,24)(H2,21,25,26). The Labute approximate surface area is 161 Å². The zero-order valence-corrected chi connectivity index (χ0v) is 15.3. The van der Waals surface area contributed by atoms with Gasteiger partial charge in [0.05, 0.1) is 4.90 Å². The lowest BCUT2D eigenvalue weighted by atomic mass is 10.2. The summed E-state index contributed by atoms with van der Waals surface area (Å²) in [6, 6.07) is 14.3. The molecule has 3 N–H and O–H groups in total. The molecular formula is C19H16FN3O4S. The molecule has 28 heavy (non-hydrogen) atoms. The van der Waals surface area contributed by atoms with Crippen LogP contribution >= 0.6 is 0 Å². The maximum atomic E-state index is 13.0. The number of hydrogen-bond acceptors (Lipinski definition) is 5. The maximum absolute atomic E-state index is 13.0. The molecule has 0 radical (unpaired) electrons. The van der Waals surface area contributed by atoms with Crippen LogP contribution in [0.1, 0.15) is 15.9 Å². The zero-order chi connectivity index (χ0) is 20.1. The van der Waals surface area contributed by atoms with E-state index in [-0.39, 0.29) is 22.9 Å². The highest BCUT2D eigenvalue weighted by molar-refractivity contribution is 7.89. The number of halogens is 1. The largest absolute Gasteiger partial charge is 0.438 e. The summed E-state index contributed by atoms with van der Waals surface area (Å²) in [5.41, 5.74) is 0.888. The molecule has 0 atom stereocenters. The van der Waals surface area contributed by atoms with Crippen LogP contribution in [0.2, 0.25) is 0 Å². The number of benzene rings is 2. The summed E-state index contributed by atoms with van der Waals surface area (Å²) in [6.45, 7) is 0.161. The van der Waals surface area contributed by atoms with Gasteiger partial charge < -0.3 is 10.1 Å². The number of carbonyl (C=O) groups excluding carboxylic acids is 1. The van der Waals surface area contributed by atoms with E-state index in [0.717, 1.165) is 0 Å². The van der Waals surface area contributed by atoms with Crippen molar-refractivity contribution < 1.29 is 22.3 Å². The molecule has 1 heterocycles. The summed E-state index contributed by atoms with van der Waals surface area (Å²) < 4.78 is 41.1. The third kappa shape index (κ3) is 4.90. The highest BCUT2D eigenvalue weighted by atomic mass is 32.2. The minimum Gasteiger partial charge on any atom is -0.438 e. The molecule has 9 heteroatoms. The van der Waals surface area contributed by atoms with Gasteiger partial charge in [-0.15, -0.1) is 0 Å². The van der Waals surface area contributed by atoms with Crippen LogP contribution in [-0.4, -0.2) is 19.3 Å². The first-order valence-electron chi connectivity index (χ1n) is 8.11. The van der Waals surface area contributed by atoms with E-state index in [1.807, 2.05) is 0 Å². The number of nitrogens with two attached hydrogens (primary N) is 1. The van der Waals surface area contributed by atoms with Crippen LogP contribution in [0, 0.1) is 5.82 Å². The summed E-state index contributed by atoms with van der Waals surface area (Å²) in [5, 5.41) is 7.76. The third-order valence-corrected chi connectivity index (χ3v) is 4.68. The van der Waals surface area contributed by atoms with Crippen molar-refractivity contribution in [2.24, 2.45) is 5.14 Å². The number of aromatic nitrogens is 1. The molecule has 1 aromatic heterocycles. The lowest BCUT2D eigenvalue weighted by molar-refractivity contribution is 0.0948. The second kappa shape index (κ2) is 8.15. The van der Waals surface area contributed by atoms with Crippen LogP contribution in [0.5, 0.6) is 11.6 Å². The van der Waals surface area contributed by atoms with Crippen LogP contribution < -0.4 is 15.2 Å². The Bertz CT molecular complexity index is 1080. The maximum Gasteiger partial charge on any atom is 0.257 e. The predicted octanol–water partition coefficient (Wildman–Crippen LogP) is 2.59. The van der Waals surface area contributed by atoms with Crippen molar-refractivity contribution in [3.8, 4) is 11.6 Å². The quantitative estimate of drug-likeness (QED) is 0.659. The molecule has 0 saturated carbocycles. The van der Waals surface area contributed by atoms with Crippen LogP contribution in [0.4, 0.5) is 4.39 Å². The third-order valence-electron chi connectivity index (χ3n) is 3.75. The molecule has 3 aromatic rings. The molecule has 7 nitrogen and oxygen atoms in total. The van der Waals surface area contributed by atoms with E-state index in [9.17, 15) is 17.6 Å². The van der Waals surface area contributed by atoms with Gasteiger partial charge in [-0.1, -0.05) is 12.1 Å². The van der Waals surface area contributed by atoms with E-state index < -0.39 is 21.7 Å². The Kier molecular flexibility index (Phi) is 5.67. The molecule has 144 valence electrons. The number of carbonyl (C=O) groups is 1. The van der Waals surface area contributed by atoms with Gasteiger partial charge >= 0.3 is 0 Å². The summed E-state index contributed by atoms with van der Waals surface area (Å²) in [7, 11) is -3.77. The minimum atomic E-state index is -3.77. The number of amides is 1. The van der Waals surface area contributed by atoms with E-state index in [4.69, 9.17) is 9.88 Å². The highest BCUT2D eigenvalue weighted by Crippen LogP contribution is 2.23. The van der Waals surface area contributed by atoms with Gasteiger partial charge in [0, 0.05) is 12.7 Å². The fourth-order valence-corrected chi connectivity index (χ4v) is 2.85. The Hall–Kier alpha value is -3.30. The normalized spacial score (nSPS) is 11.1. The second-order valence-corrected chi connectivity index (χ2v) is 7.35. The lowest BCUT2D eigenvalue weighted by Gasteiger charge is -2.10. The van der Waals surface area contributed by atoms with Crippen LogP contribution in [0.3, 0.4) is 0 Å². The lowest BCUT2D eigenvalue weighted by Crippen LogP contribution is -2.23. The summed E-state index contributed by atoms with van der Waals surface area (Å²) in [5.74, 6) is -0.413. The number of pyridine rings is 1. The predicted molar refractivity (Wildman–Crippen MR) is 99.7 cm³/mol. The molecule has 1 amide bonds. The molecule has 0 fully saturated rings. The Morgan fingerprint density at radius 2 is 1.75 bits per heavy atom. The van der Waals surface area contributed by atoms with E-state index in [2.05, 4.69) is 10.3 Å². The van der Waals surface area contributed by atoms with Gasteiger partial charge in [-0.3, -0.25) is 4.79 Å². The second-order valence-electron chi connectivity index (χ2n) is 5.78. The molecule has 2 aromatic carbocycles. The van der Waals surface area contributed by atoms with Gasteiger partial charge in [0.25, 0.3) is 5.91 Å². The van der Waals surface area contributed by atoms with Crippen molar-refractivity contribution in [1.82, 2.24) is 10.3 Å². The van der Waals surface area contributed by atoms with Gasteiger partial charge in [-0.2, -0.15) is 0 Å². The zero-order valence-electron chi connectivity index (χ0n) is 14.5. The van der Waals surface area contributed by atoms with Crippen LogP contribution in [0.25, 0.3) is 0 Å². The summed E-state index contributed by atoms with van der Waals surface area (Å²) in [4.78, 5) is 16.5. The number of rotatable bonds is 6. The van der Waals surface area contributed by atoms with Crippen LogP contribution in [0.15, 0.2) is 71.8 Å². The number of nitrogens with zero attached hydrogens (tertiary/aromatic N) is 1. The molecule has 0 unspecified atom stereocenters. The smallest absolute Gasteiger partial charge is 0.257 e. The van der Waals surface area contributed by atoms with E-state index >= 15 is 0 Å². The molecule has 3 rings (SSSR count). The van der Waals surface area contributed by atoms with E-state index in [1.54, 1.807) is 24.3 Å². The van der Waals surface area contributed by atoms with Gasteiger partial charge in [0.2, 0.25) is 15.9 Å². The van der Waals surface area contributed by atoms with Crippen molar-refractivity contribution in [1.29, 1.82) is 0 Å². The van der Waals surface area contributed by atoms with Crippen molar-refractivity contribution in [2.45, 2.75) is 11.4 Å². The minimum absolute atomic E-state index is 0.00943. The van der Waals surface area contributed by atoms with Gasteiger partial charge in [0.15, 0.2) is 0 Å². The number of primary sulfonamides is 1. The molecule has 0 aliphatic carbocycles. The number of sulfonamides is 1.